The molecule has 86 valence electrons. The van der Waals surface area contributed by atoms with Crippen molar-refractivity contribution in [2.24, 2.45) is 0 Å². The predicted octanol–water partition coefficient (Wildman–Crippen LogP) is 3.72. The Hall–Kier alpha value is -0.800. The fourth-order valence-corrected chi connectivity index (χ4v) is 2.11. The highest BCUT2D eigenvalue weighted by Crippen LogP contribution is 2.23. The zero-order valence-electron chi connectivity index (χ0n) is 8.62. The number of carboxylic acid groups (broad SMARTS) is 1. The van der Waals surface area contributed by atoms with Gasteiger partial charge in [-0.3, -0.25) is 0 Å². The second kappa shape index (κ2) is 6.71. The van der Waals surface area contributed by atoms with E-state index in [1.165, 1.54) is 0 Å². The third-order valence-electron chi connectivity index (χ3n) is 2.12. The second-order valence-electron chi connectivity index (χ2n) is 3.27. The number of alkyl halides is 1. The first-order valence-corrected chi connectivity index (χ1v) is 6.22. The van der Waals surface area contributed by atoms with Crippen LogP contribution >= 0.6 is 27.5 Å². The molecule has 16 heavy (non-hydrogen) atoms. The fraction of sp³-hybridized carbons (Fsp3) is 0.250. The summed E-state index contributed by atoms with van der Waals surface area (Å²) in [7, 11) is 0. The van der Waals surface area contributed by atoms with Crippen molar-refractivity contribution in [2.75, 3.05) is 5.88 Å². The van der Waals surface area contributed by atoms with Crippen molar-refractivity contribution >= 4 is 39.6 Å². The van der Waals surface area contributed by atoms with E-state index in [1.54, 1.807) is 6.08 Å². The van der Waals surface area contributed by atoms with Crippen molar-refractivity contribution in [1.82, 2.24) is 0 Å². The Morgan fingerprint density at radius 1 is 1.50 bits per heavy atom. The first-order chi connectivity index (χ1) is 7.65. The van der Waals surface area contributed by atoms with E-state index in [4.69, 9.17) is 16.7 Å². The maximum Gasteiger partial charge on any atom is 0.328 e. The van der Waals surface area contributed by atoms with Crippen LogP contribution < -0.4 is 0 Å². The van der Waals surface area contributed by atoms with Crippen molar-refractivity contribution in [2.45, 2.75) is 12.8 Å². The van der Waals surface area contributed by atoms with Crippen molar-refractivity contribution in [3.63, 3.8) is 0 Å². The lowest BCUT2D eigenvalue weighted by molar-refractivity contribution is -0.131. The topological polar surface area (TPSA) is 37.3 Å². The first-order valence-electron chi connectivity index (χ1n) is 4.89. The standard InChI is InChI=1S/C12H12BrClO2/c13-11-5-1-3-9(6-7-12(15)16)10(11)4-2-8-14/h1,3,5-7H,2,4,8H2,(H,15,16)/b7-6+. The van der Waals surface area contributed by atoms with E-state index >= 15 is 0 Å². The van der Waals surface area contributed by atoms with Crippen molar-refractivity contribution in [3.8, 4) is 0 Å². The molecule has 0 aliphatic carbocycles. The molecule has 0 saturated carbocycles. The second-order valence-corrected chi connectivity index (χ2v) is 4.50. The van der Waals surface area contributed by atoms with Crippen LogP contribution in [-0.4, -0.2) is 17.0 Å². The number of hydrogen-bond acceptors (Lipinski definition) is 1. The van der Waals surface area contributed by atoms with Gasteiger partial charge in [0.25, 0.3) is 0 Å². The van der Waals surface area contributed by atoms with Gasteiger partial charge in [-0.15, -0.1) is 11.6 Å². The Morgan fingerprint density at radius 3 is 2.88 bits per heavy atom. The molecule has 1 N–H and O–H groups in total. The summed E-state index contributed by atoms with van der Waals surface area (Å²) in [5.41, 5.74) is 2.02. The van der Waals surface area contributed by atoms with E-state index in [2.05, 4.69) is 15.9 Å². The van der Waals surface area contributed by atoms with Gasteiger partial charge in [0.2, 0.25) is 0 Å². The maximum atomic E-state index is 10.5. The number of benzene rings is 1. The summed E-state index contributed by atoms with van der Waals surface area (Å²) in [5.74, 6) is -0.341. The monoisotopic (exact) mass is 302 g/mol. The third kappa shape index (κ3) is 3.99. The molecule has 0 aromatic heterocycles. The SMILES string of the molecule is O=C(O)/C=C/c1cccc(Br)c1CCCCl. The van der Waals surface area contributed by atoms with E-state index in [-0.39, 0.29) is 0 Å². The highest BCUT2D eigenvalue weighted by Gasteiger charge is 2.04. The molecule has 0 radical (unpaired) electrons. The van der Waals surface area contributed by atoms with Gasteiger partial charge < -0.3 is 5.11 Å². The molecule has 0 amide bonds. The quantitative estimate of drug-likeness (QED) is 0.665. The van der Waals surface area contributed by atoms with Crippen LogP contribution in [0.1, 0.15) is 17.5 Å². The van der Waals surface area contributed by atoms with Crippen LogP contribution in [0.15, 0.2) is 28.7 Å². The Labute approximate surface area is 108 Å². The van der Waals surface area contributed by atoms with Gasteiger partial charge in [-0.1, -0.05) is 28.1 Å². The zero-order valence-corrected chi connectivity index (χ0v) is 11.0. The van der Waals surface area contributed by atoms with Gasteiger partial charge in [0.05, 0.1) is 0 Å². The van der Waals surface area contributed by atoms with Gasteiger partial charge in [-0.2, -0.15) is 0 Å². The highest BCUT2D eigenvalue weighted by atomic mass is 79.9. The molecule has 0 saturated heterocycles. The minimum absolute atomic E-state index is 0.601. The molecule has 0 heterocycles. The van der Waals surface area contributed by atoms with E-state index in [1.807, 2.05) is 18.2 Å². The summed E-state index contributed by atoms with van der Waals surface area (Å²) < 4.78 is 0.991. The van der Waals surface area contributed by atoms with E-state index < -0.39 is 5.97 Å². The molecule has 0 atom stereocenters. The smallest absolute Gasteiger partial charge is 0.328 e. The molecule has 0 aliphatic heterocycles. The summed E-state index contributed by atoms with van der Waals surface area (Å²) in [6.07, 6.45) is 4.46. The molecular weight excluding hydrogens is 291 g/mol. The molecule has 1 rings (SSSR count). The predicted molar refractivity (Wildman–Crippen MR) is 69.9 cm³/mol. The largest absolute Gasteiger partial charge is 0.478 e. The first kappa shape index (κ1) is 13.3. The van der Waals surface area contributed by atoms with Crippen molar-refractivity contribution in [1.29, 1.82) is 0 Å². The van der Waals surface area contributed by atoms with Gasteiger partial charge in [0.15, 0.2) is 0 Å². The molecule has 1 aromatic rings. The normalized spacial score (nSPS) is 10.9. The summed E-state index contributed by atoms with van der Waals surface area (Å²) in [6, 6.07) is 5.73. The van der Waals surface area contributed by atoms with E-state index in [0.717, 1.165) is 34.5 Å². The van der Waals surface area contributed by atoms with Crippen LogP contribution in [-0.2, 0) is 11.2 Å². The van der Waals surface area contributed by atoms with Crippen LogP contribution in [0.3, 0.4) is 0 Å². The van der Waals surface area contributed by atoms with Gasteiger partial charge in [0, 0.05) is 16.4 Å². The molecule has 0 fully saturated rings. The van der Waals surface area contributed by atoms with Gasteiger partial charge in [-0.05, 0) is 36.1 Å². The summed E-state index contributed by atoms with van der Waals surface area (Å²) in [6.45, 7) is 0. The van der Waals surface area contributed by atoms with Crippen LogP contribution in [0.4, 0.5) is 0 Å². The minimum Gasteiger partial charge on any atom is -0.478 e. The number of halogens is 2. The molecule has 1 aromatic carbocycles. The van der Waals surface area contributed by atoms with Crippen LogP contribution in [0, 0.1) is 0 Å². The van der Waals surface area contributed by atoms with Gasteiger partial charge in [-0.25, -0.2) is 4.79 Å². The molecule has 0 aliphatic rings. The summed E-state index contributed by atoms with van der Waals surface area (Å²) in [4.78, 5) is 10.5. The number of hydrogen-bond donors (Lipinski definition) is 1. The lowest BCUT2D eigenvalue weighted by Crippen LogP contribution is -1.93. The Morgan fingerprint density at radius 2 is 2.25 bits per heavy atom. The summed E-state index contributed by atoms with van der Waals surface area (Å²) in [5, 5.41) is 8.59. The fourth-order valence-electron chi connectivity index (χ4n) is 1.40. The molecule has 0 unspecified atom stereocenters. The highest BCUT2D eigenvalue weighted by molar-refractivity contribution is 9.10. The maximum absolute atomic E-state index is 10.5. The average Bonchev–Trinajstić information content (AvgIpc) is 2.25. The van der Waals surface area contributed by atoms with Crippen LogP contribution in [0.5, 0.6) is 0 Å². The Kier molecular flexibility index (Phi) is 5.56. The lowest BCUT2D eigenvalue weighted by atomic mass is 10.0. The Balaban J connectivity index is 2.97. The molecule has 4 heteroatoms. The Bertz CT molecular complexity index is 402. The molecule has 2 nitrogen and oxygen atoms in total. The minimum atomic E-state index is -0.941. The molecule has 0 spiro atoms. The number of rotatable bonds is 5. The van der Waals surface area contributed by atoms with Crippen LogP contribution in [0.2, 0.25) is 0 Å². The summed E-state index contributed by atoms with van der Waals surface area (Å²) >= 11 is 9.12. The van der Waals surface area contributed by atoms with Gasteiger partial charge >= 0.3 is 5.97 Å². The number of carbonyl (C=O) groups is 1. The molecular formula is C12H12BrClO2. The van der Waals surface area contributed by atoms with Crippen molar-refractivity contribution in [3.05, 3.63) is 39.9 Å². The van der Waals surface area contributed by atoms with Crippen molar-refractivity contribution < 1.29 is 9.90 Å². The van der Waals surface area contributed by atoms with Gasteiger partial charge in [0.1, 0.15) is 0 Å². The number of aliphatic carboxylic acids is 1. The molecule has 0 bridgehead atoms. The van der Waals surface area contributed by atoms with Crippen LogP contribution in [0.25, 0.3) is 6.08 Å². The number of carboxylic acids is 1. The average molecular weight is 304 g/mol. The van der Waals surface area contributed by atoms with E-state index in [0.29, 0.717) is 5.88 Å². The van der Waals surface area contributed by atoms with E-state index in [9.17, 15) is 4.79 Å². The lowest BCUT2D eigenvalue weighted by Gasteiger charge is -2.07. The third-order valence-corrected chi connectivity index (χ3v) is 3.13. The zero-order chi connectivity index (χ0) is 12.0.